The van der Waals surface area contributed by atoms with Gasteiger partial charge in [0, 0.05) is 11.0 Å². The monoisotopic (exact) mass is 313 g/mol. The number of nitrogens with one attached hydrogen (secondary N) is 1. The number of halogens is 1. The Bertz CT molecular complexity index is 339. The van der Waals surface area contributed by atoms with Crippen LogP contribution in [0.3, 0.4) is 0 Å². The highest BCUT2D eigenvalue weighted by Gasteiger charge is 2.22. The average Bonchev–Trinajstić information content (AvgIpc) is 2.38. The van der Waals surface area contributed by atoms with Gasteiger partial charge in [-0.25, -0.2) is 0 Å². The molecular formula is C15H24BrNO. The molecule has 0 radical (unpaired) electrons. The van der Waals surface area contributed by atoms with Crippen LogP contribution < -0.4 is 5.32 Å². The first-order valence-corrected chi connectivity index (χ1v) is 7.48. The summed E-state index contributed by atoms with van der Waals surface area (Å²) in [4.78, 5) is 0. The summed E-state index contributed by atoms with van der Waals surface area (Å²) in [5.74, 6) is 0. The van der Waals surface area contributed by atoms with E-state index in [1.807, 2.05) is 0 Å². The van der Waals surface area contributed by atoms with Gasteiger partial charge < -0.3 is 10.1 Å². The summed E-state index contributed by atoms with van der Waals surface area (Å²) in [6, 6.07) is 8.30. The molecule has 2 nitrogen and oxygen atoms in total. The van der Waals surface area contributed by atoms with Gasteiger partial charge in [0.15, 0.2) is 0 Å². The normalized spacial score (nSPS) is 14.4. The van der Waals surface area contributed by atoms with Gasteiger partial charge in [-0.15, -0.1) is 0 Å². The summed E-state index contributed by atoms with van der Waals surface area (Å²) in [7, 11) is 0. The first-order chi connectivity index (χ1) is 8.59. The van der Waals surface area contributed by atoms with E-state index in [0.29, 0.717) is 6.61 Å². The molecule has 3 heteroatoms. The Hall–Kier alpha value is -0.380. The van der Waals surface area contributed by atoms with Crippen molar-refractivity contribution in [3.8, 4) is 0 Å². The zero-order valence-corrected chi connectivity index (χ0v) is 13.2. The largest absolute Gasteiger partial charge is 0.369 e. The Labute approximate surface area is 119 Å². The number of hydrogen-bond donors (Lipinski definition) is 1. The first-order valence-electron chi connectivity index (χ1n) is 6.69. The molecule has 0 aliphatic carbocycles. The molecular weight excluding hydrogens is 290 g/mol. The third-order valence-electron chi connectivity index (χ3n) is 3.17. The molecule has 1 aromatic carbocycles. The van der Waals surface area contributed by atoms with Crippen molar-refractivity contribution < 1.29 is 4.74 Å². The third kappa shape index (κ3) is 5.51. The number of hydrogen-bond acceptors (Lipinski definition) is 2. The second kappa shape index (κ2) is 7.93. The fourth-order valence-electron chi connectivity index (χ4n) is 1.65. The minimum Gasteiger partial charge on any atom is -0.369 e. The summed E-state index contributed by atoms with van der Waals surface area (Å²) in [5.41, 5.74) is 1.13. The molecule has 0 fully saturated rings. The van der Waals surface area contributed by atoms with E-state index in [1.165, 1.54) is 5.56 Å². The highest BCUT2D eigenvalue weighted by atomic mass is 79.9. The molecule has 0 aromatic heterocycles. The smallest absolute Gasteiger partial charge is 0.0780 e. The lowest BCUT2D eigenvalue weighted by Gasteiger charge is -2.29. The van der Waals surface area contributed by atoms with Gasteiger partial charge >= 0.3 is 0 Å². The van der Waals surface area contributed by atoms with Gasteiger partial charge in [0.25, 0.3) is 0 Å². The van der Waals surface area contributed by atoms with Crippen LogP contribution in [0.4, 0.5) is 0 Å². The highest BCUT2D eigenvalue weighted by Crippen LogP contribution is 2.18. The summed E-state index contributed by atoms with van der Waals surface area (Å²) >= 11 is 3.44. The van der Waals surface area contributed by atoms with Crippen LogP contribution in [0.15, 0.2) is 28.7 Å². The predicted octanol–water partition coefficient (Wildman–Crippen LogP) is 4.13. The molecule has 0 saturated heterocycles. The van der Waals surface area contributed by atoms with E-state index in [4.69, 9.17) is 4.74 Å². The van der Waals surface area contributed by atoms with Crippen LogP contribution in [0.5, 0.6) is 0 Å². The lowest BCUT2D eigenvalue weighted by atomic mass is 10.0. The molecule has 18 heavy (non-hydrogen) atoms. The van der Waals surface area contributed by atoms with Gasteiger partial charge in [0.2, 0.25) is 0 Å². The quantitative estimate of drug-likeness (QED) is 0.728. The van der Waals surface area contributed by atoms with Crippen LogP contribution in [0, 0.1) is 0 Å². The minimum atomic E-state index is -0.0811. The zero-order valence-electron chi connectivity index (χ0n) is 11.6. The van der Waals surface area contributed by atoms with Crippen LogP contribution in [0.25, 0.3) is 0 Å². The van der Waals surface area contributed by atoms with Crippen molar-refractivity contribution in [2.45, 2.75) is 45.8 Å². The Kier molecular flexibility index (Phi) is 6.90. The maximum atomic E-state index is 6.07. The first kappa shape index (κ1) is 15.7. The fourth-order valence-corrected chi connectivity index (χ4v) is 1.91. The number of ether oxygens (including phenoxy) is 1. The van der Waals surface area contributed by atoms with Crippen molar-refractivity contribution in [1.29, 1.82) is 0 Å². The molecule has 0 amide bonds. The molecule has 102 valence electrons. The Morgan fingerprint density at radius 3 is 2.44 bits per heavy atom. The molecule has 1 atom stereocenters. The van der Waals surface area contributed by atoms with Gasteiger partial charge in [-0.2, -0.15) is 0 Å². The molecule has 1 unspecified atom stereocenters. The molecule has 0 aliphatic heterocycles. The molecule has 0 heterocycles. The summed E-state index contributed by atoms with van der Waals surface area (Å²) in [6.45, 7) is 9.17. The van der Waals surface area contributed by atoms with Gasteiger partial charge in [-0.05, 0) is 44.0 Å². The third-order valence-corrected chi connectivity index (χ3v) is 3.70. The zero-order chi connectivity index (χ0) is 13.4. The van der Waals surface area contributed by atoms with E-state index in [2.05, 4.69) is 66.3 Å². The van der Waals surface area contributed by atoms with E-state index >= 15 is 0 Å². The van der Waals surface area contributed by atoms with E-state index in [-0.39, 0.29) is 5.60 Å². The standard InChI is InChI=1S/C15H24BrNO/c1-4-10-17-12-15(3,5-2)18-11-13-6-8-14(16)9-7-13/h6-9,17H,4-5,10-12H2,1-3H3. The van der Waals surface area contributed by atoms with Gasteiger partial charge in [0.1, 0.15) is 0 Å². The minimum absolute atomic E-state index is 0.0811. The maximum Gasteiger partial charge on any atom is 0.0780 e. The van der Waals surface area contributed by atoms with Crippen LogP contribution in [-0.2, 0) is 11.3 Å². The lowest BCUT2D eigenvalue weighted by molar-refractivity contribution is -0.0442. The SMILES string of the molecule is CCCNCC(C)(CC)OCc1ccc(Br)cc1. The fraction of sp³-hybridized carbons (Fsp3) is 0.600. The van der Waals surface area contributed by atoms with Crippen molar-refractivity contribution in [3.05, 3.63) is 34.3 Å². The molecule has 1 rings (SSSR count). The molecule has 1 N–H and O–H groups in total. The van der Waals surface area contributed by atoms with Crippen molar-refractivity contribution >= 4 is 15.9 Å². The summed E-state index contributed by atoms with van der Waals surface area (Å²) in [6.07, 6.45) is 2.17. The Morgan fingerprint density at radius 1 is 1.22 bits per heavy atom. The van der Waals surface area contributed by atoms with E-state index in [0.717, 1.165) is 30.4 Å². The number of benzene rings is 1. The maximum absolute atomic E-state index is 6.07. The predicted molar refractivity (Wildman–Crippen MR) is 80.8 cm³/mol. The Morgan fingerprint density at radius 2 is 1.89 bits per heavy atom. The molecule has 0 bridgehead atoms. The van der Waals surface area contributed by atoms with Crippen molar-refractivity contribution in [1.82, 2.24) is 5.32 Å². The molecule has 1 aromatic rings. The Balaban J connectivity index is 2.44. The lowest BCUT2D eigenvalue weighted by Crippen LogP contribution is -2.40. The topological polar surface area (TPSA) is 21.3 Å². The van der Waals surface area contributed by atoms with Crippen LogP contribution >= 0.6 is 15.9 Å². The highest BCUT2D eigenvalue weighted by molar-refractivity contribution is 9.10. The van der Waals surface area contributed by atoms with Crippen LogP contribution in [0.2, 0.25) is 0 Å². The van der Waals surface area contributed by atoms with Crippen molar-refractivity contribution in [3.63, 3.8) is 0 Å². The number of rotatable bonds is 8. The van der Waals surface area contributed by atoms with E-state index in [1.54, 1.807) is 0 Å². The second-order valence-electron chi connectivity index (χ2n) is 4.90. The molecule has 0 spiro atoms. The van der Waals surface area contributed by atoms with Gasteiger partial charge in [-0.1, -0.05) is 41.9 Å². The molecule has 0 aliphatic rings. The van der Waals surface area contributed by atoms with Gasteiger partial charge in [-0.3, -0.25) is 0 Å². The summed E-state index contributed by atoms with van der Waals surface area (Å²) < 4.78 is 7.18. The second-order valence-corrected chi connectivity index (χ2v) is 5.81. The van der Waals surface area contributed by atoms with Gasteiger partial charge in [0.05, 0.1) is 12.2 Å². The average molecular weight is 314 g/mol. The van der Waals surface area contributed by atoms with Crippen LogP contribution in [0.1, 0.15) is 39.2 Å². The van der Waals surface area contributed by atoms with E-state index < -0.39 is 0 Å². The van der Waals surface area contributed by atoms with Crippen molar-refractivity contribution in [2.75, 3.05) is 13.1 Å². The molecule has 0 saturated carbocycles. The van der Waals surface area contributed by atoms with E-state index in [9.17, 15) is 0 Å². The van der Waals surface area contributed by atoms with Crippen molar-refractivity contribution in [2.24, 2.45) is 0 Å². The van der Waals surface area contributed by atoms with Crippen LogP contribution in [-0.4, -0.2) is 18.7 Å². The summed E-state index contributed by atoms with van der Waals surface area (Å²) in [5, 5.41) is 3.44.